The Kier molecular flexibility index (Phi) is 22.8. The highest BCUT2D eigenvalue weighted by molar-refractivity contribution is 5.99. The number of methoxy groups -OCH3 is 2. The Hall–Kier alpha value is -5.56. The SMILES string of the molecule is CCCCC1C(C)OC(=O)C(NC(=O)c2c(OCOC(C)=O)c(OC)cc[n+]2CC(=O)Oc2c(OC)ccnc2C(=O)NC2CCCC(OCCC)C(CCC(C)C)C(C)OC2=O)CCCC1OCC1CC1. The molecule has 2 amide bonds. The number of rotatable bonds is 24. The number of unbranched alkanes of at least 4 members (excludes halogenated alkanes) is 1. The van der Waals surface area contributed by atoms with Crippen molar-refractivity contribution < 1.29 is 76.0 Å². The van der Waals surface area contributed by atoms with Crippen molar-refractivity contribution in [3.8, 4) is 23.0 Å². The summed E-state index contributed by atoms with van der Waals surface area (Å²) in [6.45, 7) is 13.3. The smallest absolute Gasteiger partial charge is 0.378 e. The zero-order chi connectivity index (χ0) is 52.3. The number of nitrogens with zero attached hydrogens (tertiary/aromatic N) is 2. The predicted molar refractivity (Wildman–Crippen MR) is 261 cm³/mol. The van der Waals surface area contributed by atoms with Crippen LogP contribution in [0.15, 0.2) is 24.5 Å². The van der Waals surface area contributed by atoms with Gasteiger partial charge >= 0.3 is 35.5 Å². The molecule has 0 radical (unpaired) electrons. The van der Waals surface area contributed by atoms with Gasteiger partial charge in [0.1, 0.15) is 24.3 Å². The molecule has 0 bridgehead atoms. The summed E-state index contributed by atoms with van der Waals surface area (Å²) in [5, 5.41) is 5.58. The predicted octanol–water partition coefficient (Wildman–Crippen LogP) is 6.77. The number of amides is 2. The third-order valence-electron chi connectivity index (χ3n) is 13.5. The van der Waals surface area contributed by atoms with Gasteiger partial charge in [-0.1, -0.05) is 47.0 Å². The molecule has 2 saturated heterocycles. The van der Waals surface area contributed by atoms with Gasteiger partial charge in [-0.05, 0) is 96.3 Å². The Balaban J connectivity index is 1.39. The van der Waals surface area contributed by atoms with Crippen LogP contribution in [0, 0.1) is 23.7 Å². The van der Waals surface area contributed by atoms with Crippen molar-refractivity contribution in [2.45, 2.75) is 181 Å². The maximum absolute atomic E-state index is 14.6. The molecule has 3 fully saturated rings. The van der Waals surface area contributed by atoms with Crippen LogP contribution in [0.5, 0.6) is 23.0 Å². The van der Waals surface area contributed by atoms with Crippen LogP contribution < -0.4 is 34.1 Å². The van der Waals surface area contributed by atoms with Crippen LogP contribution >= 0.6 is 0 Å². The molecule has 2 aromatic rings. The summed E-state index contributed by atoms with van der Waals surface area (Å²) in [5.41, 5.74) is -0.640. The van der Waals surface area contributed by atoms with Crippen LogP contribution in [0.1, 0.15) is 159 Å². The molecule has 19 heteroatoms. The van der Waals surface area contributed by atoms with Crippen LogP contribution in [0.2, 0.25) is 0 Å². The van der Waals surface area contributed by atoms with Gasteiger partial charge in [-0.3, -0.25) is 14.4 Å². The summed E-state index contributed by atoms with van der Waals surface area (Å²) >= 11 is 0. The number of ether oxygens (including phenoxy) is 9. The molecule has 0 spiro atoms. The summed E-state index contributed by atoms with van der Waals surface area (Å²) in [7, 11) is 2.66. The molecular weight excluding hydrogens is 933 g/mol. The molecule has 1 aliphatic carbocycles. The Bertz CT molecular complexity index is 2130. The second kappa shape index (κ2) is 28.6. The van der Waals surface area contributed by atoms with Crippen molar-refractivity contribution in [3.05, 3.63) is 35.9 Å². The van der Waals surface area contributed by atoms with Crippen LogP contribution in [0.4, 0.5) is 0 Å². The fraction of sp³-hybridized carbons (Fsp3) is 0.698. The van der Waals surface area contributed by atoms with E-state index in [0.29, 0.717) is 50.7 Å². The molecule has 5 rings (SSSR count). The van der Waals surface area contributed by atoms with Crippen molar-refractivity contribution in [2.24, 2.45) is 23.7 Å². The fourth-order valence-electron chi connectivity index (χ4n) is 9.30. The average molecular weight is 1010 g/mol. The first kappa shape index (κ1) is 57.3. The van der Waals surface area contributed by atoms with Gasteiger partial charge in [-0.15, -0.1) is 0 Å². The van der Waals surface area contributed by atoms with Gasteiger partial charge in [0, 0.05) is 50.3 Å². The van der Waals surface area contributed by atoms with E-state index in [1.54, 1.807) is 0 Å². The molecule has 2 aliphatic heterocycles. The van der Waals surface area contributed by atoms with Gasteiger partial charge in [0.2, 0.25) is 24.8 Å². The molecule has 0 aromatic carbocycles. The van der Waals surface area contributed by atoms with E-state index in [1.165, 1.54) is 50.2 Å². The van der Waals surface area contributed by atoms with Crippen molar-refractivity contribution >= 4 is 35.7 Å². The molecule has 400 valence electrons. The number of esters is 4. The lowest BCUT2D eigenvalue weighted by atomic mass is 9.86. The molecule has 4 heterocycles. The number of carbonyl (C=O) groups excluding carboxylic acids is 6. The second-order valence-electron chi connectivity index (χ2n) is 19.6. The summed E-state index contributed by atoms with van der Waals surface area (Å²) in [5.74, 6) is -4.16. The third kappa shape index (κ3) is 16.7. The number of pyridine rings is 2. The van der Waals surface area contributed by atoms with E-state index in [0.717, 1.165) is 51.4 Å². The molecule has 72 heavy (non-hydrogen) atoms. The molecule has 1 saturated carbocycles. The number of hydrogen-bond donors (Lipinski definition) is 2. The van der Waals surface area contributed by atoms with Crippen molar-refractivity contribution in [3.63, 3.8) is 0 Å². The van der Waals surface area contributed by atoms with E-state index in [4.69, 9.17) is 42.6 Å². The van der Waals surface area contributed by atoms with Crippen molar-refractivity contribution in [2.75, 3.05) is 34.2 Å². The van der Waals surface area contributed by atoms with Gasteiger partial charge in [0.05, 0.1) is 26.4 Å². The zero-order valence-corrected chi connectivity index (χ0v) is 43.8. The van der Waals surface area contributed by atoms with E-state index in [1.807, 2.05) is 20.8 Å². The Morgan fingerprint density at radius 2 is 1.40 bits per heavy atom. The van der Waals surface area contributed by atoms with Gasteiger partial charge in [-0.2, -0.15) is 4.57 Å². The first-order chi connectivity index (χ1) is 34.6. The van der Waals surface area contributed by atoms with Crippen LogP contribution in [-0.4, -0.2) is 111 Å². The number of hydrogen-bond acceptors (Lipinski definition) is 16. The number of nitrogens with one attached hydrogen (secondary N) is 2. The molecule has 2 N–H and O–H groups in total. The largest absolute Gasteiger partial charge is 0.493 e. The van der Waals surface area contributed by atoms with Gasteiger partial charge in [0.15, 0.2) is 23.4 Å². The first-order valence-electron chi connectivity index (χ1n) is 25.9. The minimum atomic E-state index is -1.10. The lowest BCUT2D eigenvalue weighted by molar-refractivity contribution is -0.687. The third-order valence-corrected chi connectivity index (χ3v) is 13.5. The maximum atomic E-state index is 14.6. The van der Waals surface area contributed by atoms with E-state index >= 15 is 0 Å². The number of carbonyl (C=O) groups is 6. The summed E-state index contributed by atoms with van der Waals surface area (Å²) in [4.78, 5) is 86.6. The summed E-state index contributed by atoms with van der Waals surface area (Å²) in [6.07, 6.45) is 12.0. The van der Waals surface area contributed by atoms with Crippen LogP contribution in [0.3, 0.4) is 0 Å². The van der Waals surface area contributed by atoms with E-state index in [9.17, 15) is 28.8 Å². The quantitative estimate of drug-likeness (QED) is 0.0479. The summed E-state index contributed by atoms with van der Waals surface area (Å²) in [6, 6.07) is 0.661. The number of aromatic nitrogens is 2. The molecule has 8 unspecified atom stereocenters. The maximum Gasteiger partial charge on any atom is 0.378 e. The lowest BCUT2D eigenvalue weighted by Gasteiger charge is -2.31. The normalized spacial score (nSPS) is 23.9. The van der Waals surface area contributed by atoms with E-state index in [-0.39, 0.29) is 71.3 Å². The Morgan fingerprint density at radius 1 is 0.792 bits per heavy atom. The van der Waals surface area contributed by atoms with E-state index in [2.05, 4.69) is 36.4 Å². The highest BCUT2D eigenvalue weighted by Gasteiger charge is 2.40. The molecule has 19 nitrogen and oxygen atoms in total. The topological polar surface area (TPSA) is 226 Å². The highest BCUT2D eigenvalue weighted by Crippen LogP contribution is 2.35. The van der Waals surface area contributed by atoms with E-state index < -0.39 is 73.3 Å². The average Bonchev–Trinajstić information content (AvgIpc) is 4.17. The second-order valence-corrected chi connectivity index (χ2v) is 19.6. The van der Waals surface area contributed by atoms with Crippen LogP contribution in [0.25, 0.3) is 0 Å². The zero-order valence-electron chi connectivity index (χ0n) is 43.8. The minimum Gasteiger partial charge on any atom is -0.493 e. The van der Waals surface area contributed by atoms with Crippen LogP contribution in [-0.2, 0) is 49.4 Å². The molecule has 3 aliphatic rings. The molecular formula is C53H79N4O15+. The standard InChI is InChI=1S/C53H78N4O15/c1-10-12-15-37-33(5)70-53(63)40(17-14-19-42(37)67-30-36-21-22-36)56-51(61)47-49(69-31-68-35(7)58)44(65-9)25-27-57(47)29-45(59)72-48-43(64-8)24-26-54-46(48)50(60)55-39-16-13-18-41(66-28-11-2)38(23-20-32(3)4)34(6)71-52(39)62/h24-27,32-34,36-42H,10-23,28-31H2,1-9H3,(H-,55,56,60,61)/p+1. The van der Waals surface area contributed by atoms with Crippen molar-refractivity contribution in [1.29, 1.82) is 0 Å². The monoisotopic (exact) mass is 1010 g/mol. The van der Waals surface area contributed by atoms with Gasteiger partial charge < -0.3 is 53.3 Å². The molecule has 2 aromatic heterocycles. The molecule has 8 atom stereocenters. The summed E-state index contributed by atoms with van der Waals surface area (Å²) < 4.78 is 53.9. The minimum absolute atomic E-state index is 0.0220. The van der Waals surface area contributed by atoms with Gasteiger partial charge in [-0.25, -0.2) is 19.4 Å². The Labute approximate surface area is 424 Å². The first-order valence-corrected chi connectivity index (χ1v) is 25.9. The van der Waals surface area contributed by atoms with Crippen molar-refractivity contribution in [1.82, 2.24) is 15.6 Å². The fourth-order valence-corrected chi connectivity index (χ4v) is 9.30. The number of cyclic esters (lactones) is 2. The lowest BCUT2D eigenvalue weighted by Crippen LogP contribution is -2.51. The Morgan fingerprint density at radius 3 is 1.99 bits per heavy atom. The highest BCUT2D eigenvalue weighted by atomic mass is 16.7. The van der Waals surface area contributed by atoms with Gasteiger partial charge in [0.25, 0.3) is 5.91 Å².